The van der Waals surface area contributed by atoms with E-state index < -0.39 is 0 Å². The average Bonchev–Trinajstić information content (AvgIpc) is 2.52. The molecule has 0 aromatic heterocycles. The summed E-state index contributed by atoms with van der Waals surface area (Å²) in [7, 11) is 1.74. The van der Waals surface area contributed by atoms with Gasteiger partial charge in [-0.15, -0.1) is 0 Å². The van der Waals surface area contributed by atoms with Crippen molar-refractivity contribution in [3.8, 4) is 0 Å². The van der Waals surface area contributed by atoms with Gasteiger partial charge in [-0.2, -0.15) is 0 Å². The molecule has 4 nitrogen and oxygen atoms in total. The number of benzene rings is 1. The molecule has 1 aromatic carbocycles. The van der Waals surface area contributed by atoms with E-state index in [1.54, 1.807) is 20.2 Å². The van der Waals surface area contributed by atoms with Crippen LogP contribution in [0.1, 0.15) is 26.3 Å². The lowest BCUT2D eigenvalue weighted by molar-refractivity contribution is 1.26. The van der Waals surface area contributed by atoms with Crippen molar-refractivity contribution in [2.45, 2.75) is 20.8 Å². The number of hydrogen-bond acceptors (Lipinski definition) is 3. The first-order chi connectivity index (χ1) is 10.9. The van der Waals surface area contributed by atoms with Gasteiger partial charge in [0.1, 0.15) is 0 Å². The van der Waals surface area contributed by atoms with Gasteiger partial charge in [0.05, 0.1) is 27.9 Å². The minimum Gasteiger partial charge on any atom is -0.387 e. The van der Waals surface area contributed by atoms with Crippen LogP contribution in [-0.4, -0.2) is 19.1 Å². The highest BCUT2D eigenvalue weighted by molar-refractivity contribution is 6.33. The first-order valence-corrected chi connectivity index (χ1v) is 7.62. The number of nitrogens with one attached hydrogen (secondary N) is 1. The zero-order chi connectivity index (χ0) is 17.4. The van der Waals surface area contributed by atoms with Crippen LogP contribution in [0.5, 0.6) is 0 Å². The zero-order valence-electron chi connectivity index (χ0n) is 14.0. The number of hydrogen-bond donors (Lipinski definition) is 2. The summed E-state index contributed by atoms with van der Waals surface area (Å²) in [5.41, 5.74) is 9.72. The van der Waals surface area contributed by atoms with Gasteiger partial charge in [0.2, 0.25) is 0 Å². The maximum Gasteiger partial charge on any atom is 0.0965 e. The number of rotatable bonds is 6. The zero-order valence-corrected chi connectivity index (χ0v) is 14.8. The molecule has 1 rings (SSSR count). The van der Waals surface area contributed by atoms with Crippen LogP contribution in [0, 0.1) is 0 Å². The summed E-state index contributed by atoms with van der Waals surface area (Å²) in [5, 5.41) is 3.80. The summed E-state index contributed by atoms with van der Waals surface area (Å²) < 4.78 is 0. The largest absolute Gasteiger partial charge is 0.387 e. The van der Waals surface area contributed by atoms with E-state index in [0.717, 1.165) is 16.8 Å². The molecule has 122 valence electrons. The van der Waals surface area contributed by atoms with Crippen molar-refractivity contribution in [2.24, 2.45) is 15.7 Å². The van der Waals surface area contributed by atoms with Crippen LogP contribution in [0.15, 0.2) is 58.3 Å². The topological polar surface area (TPSA) is 62.8 Å². The first kappa shape index (κ1) is 18.7. The molecule has 5 heteroatoms. The minimum absolute atomic E-state index is 0.469. The summed E-state index contributed by atoms with van der Waals surface area (Å²) in [6.07, 6.45) is 5.64. The van der Waals surface area contributed by atoms with Crippen molar-refractivity contribution in [1.29, 1.82) is 0 Å². The average molecular weight is 331 g/mol. The standard InChI is InChI=1S/C18H23ClN4/c1-6-14(11-21-5)15-8-9-16(19)18(10-15)22-12(3)17(7-2)23-13(4)20/h6-11,22H,3H2,1-2,4-5H3,(H2,20,23)/b14-6+,17-7-,21-11?. The second-order valence-electron chi connectivity index (χ2n) is 4.86. The van der Waals surface area contributed by atoms with Gasteiger partial charge >= 0.3 is 0 Å². The fraction of sp³-hybridized carbons (Fsp3) is 0.222. The third-order valence-electron chi connectivity index (χ3n) is 3.04. The lowest BCUT2D eigenvalue weighted by Crippen LogP contribution is -2.08. The van der Waals surface area contributed by atoms with E-state index >= 15 is 0 Å². The highest BCUT2D eigenvalue weighted by Gasteiger charge is 2.08. The smallest absolute Gasteiger partial charge is 0.0965 e. The molecule has 23 heavy (non-hydrogen) atoms. The van der Waals surface area contributed by atoms with Gasteiger partial charge in [-0.25, -0.2) is 4.99 Å². The van der Waals surface area contributed by atoms with Crippen LogP contribution in [0.3, 0.4) is 0 Å². The Hall–Kier alpha value is -2.33. The Labute approximate surface area is 143 Å². The number of anilines is 1. The Morgan fingerprint density at radius 2 is 2.00 bits per heavy atom. The minimum atomic E-state index is 0.469. The molecule has 0 heterocycles. The van der Waals surface area contributed by atoms with Gasteiger partial charge in [0.15, 0.2) is 0 Å². The summed E-state index contributed by atoms with van der Waals surface area (Å²) in [6, 6.07) is 5.75. The molecule has 0 bridgehead atoms. The highest BCUT2D eigenvalue weighted by atomic mass is 35.5. The van der Waals surface area contributed by atoms with E-state index in [1.807, 2.05) is 44.2 Å². The quantitative estimate of drug-likeness (QED) is 0.453. The van der Waals surface area contributed by atoms with Crippen LogP contribution in [0.4, 0.5) is 5.69 Å². The van der Waals surface area contributed by atoms with Crippen molar-refractivity contribution < 1.29 is 0 Å². The van der Waals surface area contributed by atoms with E-state index in [1.165, 1.54) is 0 Å². The van der Waals surface area contributed by atoms with Crippen molar-refractivity contribution in [3.05, 3.63) is 58.9 Å². The molecule has 0 fully saturated rings. The maximum atomic E-state index is 6.28. The number of nitrogens with zero attached hydrogens (tertiary/aromatic N) is 2. The summed E-state index contributed by atoms with van der Waals surface area (Å²) in [6.45, 7) is 9.58. The van der Waals surface area contributed by atoms with Gasteiger partial charge in [0, 0.05) is 13.3 Å². The number of amidine groups is 1. The SMILES string of the molecule is C=C(Nc1cc(/C(C=NC)=C/C)ccc1Cl)/C(=C/C)N=C(C)N. The second-order valence-corrected chi connectivity index (χ2v) is 5.26. The van der Waals surface area contributed by atoms with E-state index in [0.29, 0.717) is 22.3 Å². The van der Waals surface area contributed by atoms with Crippen LogP contribution in [-0.2, 0) is 0 Å². The predicted octanol–water partition coefficient (Wildman–Crippen LogP) is 4.65. The molecule has 0 saturated carbocycles. The van der Waals surface area contributed by atoms with Gasteiger partial charge in [0.25, 0.3) is 0 Å². The molecular weight excluding hydrogens is 308 g/mol. The van der Waals surface area contributed by atoms with Crippen LogP contribution < -0.4 is 11.1 Å². The molecule has 1 aromatic rings. The first-order valence-electron chi connectivity index (χ1n) is 7.24. The predicted molar refractivity (Wildman–Crippen MR) is 103 cm³/mol. The normalized spacial score (nSPS) is 13.5. The van der Waals surface area contributed by atoms with Crippen molar-refractivity contribution in [2.75, 3.05) is 12.4 Å². The molecule has 0 aliphatic carbocycles. The number of nitrogens with two attached hydrogens (primary N) is 1. The Bertz CT molecular complexity index is 693. The lowest BCUT2D eigenvalue weighted by Gasteiger charge is -2.13. The molecule has 0 aliphatic heterocycles. The third kappa shape index (κ3) is 5.42. The lowest BCUT2D eigenvalue weighted by atomic mass is 10.1. The fourth-order valence-corrected chi connectivity index (χ4v) is 2.14. The number of halogens is 1. The summed E-state index contributed by atoms with van der Waals surface area (Å²) >= 11 is 6.28. The molecule has 0 radical (unpaired) electrons. The number of allylic oxidation sites excluding steroid dienone is 3. The van der Waals surface area contributed by atoms with Gasteiger partial charge in [-0.05, 0) is 44.0 Å². The van der Waals surface area contributed by atoms with E-state index in [2.05, 4.69) is 21.9 Å². The van der Waals surface area contributed by atoms with Crippen molar-refractivity contribution in [1.82, 2.24) is 0 Å². The van der Waals surface area contributed by atoms with Gasteiger partial charge < -0.3 is 11.1 Å². The number of aliphatic imine (C=N–C) groups is 2. The Morgan fingerprint density at radius 1 is 1.30 bits per heavy atom. The van der Waals surface area contributed by atoms with Gasteiger partial charge in [-0.3, -0.25) is 4.99 Å². The van der Waals surface area contributed by atoms with Gasteiger partial charge in [-0.1, -0.05) is 36.4 Å². The Morgan fingerprint density at radius 3 is 2.52 bits per heavy atom. The van der Waals surface area contributed by atoms with Crippen LogP contribution in [0.25, 0.3) is 5.57 Å². The van der Waals surface area contributed by atoms with Crippen LogP contribution in [0.2, 0.25) is 5.02 Å². The second kappa shape index (κ2) is 8.96. The molecule has 0 aliphatic rings. The van der Waals surface area contributed by atoms with Crippen molar-refractivity contribution >= 4 is 34.9 Å². The van der Waals surface area contributed by atoms with E-state index in [-0.39, 0.29) is 0 Å². The van der Waals surface area contributed by atoms with E-state index in [9.17, 15) is 0 Å². The monoisotopic (exact) mass is 330 g/mol. The van der Waals surface area contributed by atoms with Crippen molar-refractivity contribution in [3.63, 3.8) is 0 Å². The molecule has 3 N–H and O–H groups in total. The third-order valence-corrected chi connectivity index (χ3v) is 3.37. The maximum absolute atomic E-state index is 6.28. The molecule has 0 spiro atoms. The molecule has 0 atom stereocenters. The fourth-order valence-electron chi connectivity index (χ4n) is 1.98. The molecule has 0 saturated heterocycles. The van der Waals surface area contributed by atoms with E-state index in [4.69, 9.17) is 17.3 Å². The summed E-state index contributed by atoms with van der Waals surface area (Å²) in [5.74, 6) is 0.469. The highest BCUT2D eigenvalue weighted by Crippen LogP contribution is 2.28. The molecule has 0 unspecified atom stereocenters. The Kier molecular flexibility index (Phi) is 7.29. The molecular formula is C18H23ClN4. The molecule has 0 amide bonds. The van der Waals surface area contributed by atoms with Crippen LogP contribution >= 0.6 is 11.6 Å². The summed E-state index contributed by atoms with van der Waals surface area (Å²) in [4.78, 5) is 8.31. The Balaban J connectivity index is 3.14.